The molecule has 0 radical (unpaired) electrons. The number of hydrogen-bond acceptors (Lipinski definition) is 3. The number of aromatic nitrogens is 4. The lowest BCUT2D eigenvalue weighted by Crippen LogP contribution is -2.14. The SMILES string of the molecule is CC1(C)c2ccccc2-c2cc(-c3ccc4c(c3)-c3cc(-c5ccc6c(c5)c5c(-c7nc(-c8ccccc8)nc(-c8ccccc8)n7)cccc5n6-c5ccccc5)ccc3C(c3ccccc3)CC4)ccc21. The highest BCUT2D eigenvalue weighted by molar-refractivity contribution is 6.16. The van der Waals surface area contributed by atoms with Crippen molar-refractivity contribution in [1.29, 1.82) is 0 Å². The van der Waals surface area contributed by atoms with Crippen molar-refractivity contribution in [2.75, 3.05) is 0 Å². The molecule has 1 unspecified atom stereocenters. The second-order valence-electron chi connectivity index (χ2n) is 20.2. The smallest absolute Gasteiger partial charge is 0.164 e. The van der Waals surface area contributed by atoms with Gasteiger partial charge in [-0.1, -0.05) is 202 Å². The Morgan fingerprint density at radius 1 is 0.397 bits per heavy atom. The van der Waals surface area contributed by atoms with Crippen LogP contribution in [0, 0.1) is 0 Å². The molecule has 0 N–H and O–H groups in total. The highest BCUT2D eigenvalue weighted by atomic mass is 15.0. The Morgan fingerprint density at radius 2 is 0.945 bits per heavy atom. The van der Waals surface area contributed by atoms with Crippen molar-refractivity contribution in [2.45, 2.75) is 38.0 Å². The summed E-state index contributed by atoms with van der Waals surface area (Å²) in [5, 5.41) is 2.23. The Kier molecular flexibility index (Phi) is 10.0. The predicted molar refractivity (Wildman–Crippen MR) is 301 cm³/mol. The van der Waals surface area contributed by atoms with Gasteiger partial charge in [0.25, 0.3) is 0 Å². The van der Waals surface area contributed by atoms with E-state index in [1.54, 1.807) is 0 Å². The molecule has 73 heavy (non-hydrogen) atoms. The van der Waals surface area contributed by atoms with Gasteiger partial charge in [0.05, 0.1) is 11.0 Å². The van der Waals surface area contributed by atoms with Crippen LogP contribution >= 0.6 is 0 Å². The number of fused-ring (bicyclic) bond motifs is 9. The van der Waals surface area contributed by atoms with Gasteiger partial charge < -0.3 is 4.57 Å². The molecule has 0 bridgehead atoms. The van der Waals surface area contributed by atoms with Crippen LogP contribution < -0.4 is 0 Å². The van der Waals surface area contributed by atoms with Gasteiger partial charge in [0, 0.05) is 44.5 Å². The van der Waals surface area contributed by atoms with Gasteiger partial charge in [-0.3, -0.25) is 0 Å². The first-order valence-electron chi connectivity index (χ1n) is 25.5. The number of para-hydroxylation sites is 1. The molecule has 2 aliphatic carbocycles. The fraction of sp³-hybridized carbons (Fsp3) is 0.0870. The van der Waals surface area contributed by atoms with E-state index in [0.29, 0.717) is 17.5 Å². The minimum Gasteiger partial charge on any atom is -0.309 e. The third kappa shape index (κ3) is 7.16. The number of benzene rings is 10. The maximum Gasteiger partial charge on any atom is 0.164 e. The van der Waals surface area contributed by atoms with Crippen molar-refractivity contribution in [3.63, 3.8) is 0 Å². The highest BCUT2D eigenvalue weighted by Crippen LogP contribution is 2.51. The molecule has 2 heterocycles. The fourth-order valence-corrected chi connectivity index (χ4v) is 12.1. The van der Waals surface area contributed by atoms with Gasteiger partial charge in [-0.25, -0.2) is 15.0 Å². The zero-order valence-electron chi connectivity index (χ0n) is 40.8. The summed E-state index contributed by atoms with van der Waals surface area (Å²) in [5.41, 5.74) is 23.1. The Bertz CT molecular complexity index is 4040. The van der Waals surface area contributed by atoms with Crippen molar-refractivity contribution < 1.29 is 0 Å². The van der Waals surface area contributed by atoms with Crippen LogP contribution in [0.3, 0.4) is 0 Å². The molecule has 2 aliphatic rings. The minimum atomic E-state index is -0.0361. The van der Waals surface area contributed by atoms with Crippen LogP contribution in [0.15, 0.2) is 237 Å². The molecule has 0 amide bonds. The Balaban J connectivity index is 0.962. The van der Waals surface area contributed by atoms with Gasteiger partial charge in [0.15, 0.2) is 17.5 Å². The number of hydrogen-bond donors (Lipinski definition) is 0. The van der Waals surface area contributed by atoms with Crippen molar-refractivity contribution in [2.24, 2.45) is 0 Å². The summed E-state index contributed by atoms with van der Waals surface area (Å²) in [7, 11) is 0. The molecule has 1 atom stereocenters. The van der Waals surface area contributed by atoms with Crippen molar-refractivity contribution in [3.8, 4) is 84.4 Å². The first-order valence-corrected chi connectivity index (χ1v) is 25.5. The standard InChI is InChI=1S/C69H50N4/c1-69(2)61-28-16-15-26-55(61)59-42-50(34-38-62(59)69)48-31-30-45-32-36-53(44-18-7-3-8-19-44)54-37-33-49(41-58(54)57(45)40-48)51-35-39-63-60(43-51)65-56(27-17-29-64(65)73(63)52-24-13-6-14-25-52)68-71-66(46-20-9-4-10-21-46)70-67(72-68)47-22-11-5-12-23-47/h3-31,33-35,37-43,53H,32,36H2,1-2H3. The van der Waals surface area contributed by atoms with Gasteiger partial charge in [0.1, 0.15) is 0 Å². The van der Waals surface area contributed by atoms with E-state index in [0.717, 1.165) is 62.6 Å². The zero-order chi connectivity index (χ0) is 48.6. The molecule has 0 saturated heterocycles. The molecule has 0 saturated carbocycles. The maximum atomic E-state index is 5.26. The number of aryl methyl sites for hydroxylation is 1. The van der Waals surface area contributed by atoms with Gasteiger partial charge in [-0.2, -0.15) is 0 Å². The van der Waals surface area contributed by atoms with Crippen LogP contribution in [0.4, 0.5) is 0 Å². The van der Waals surface area contributed by atoms with Crippen LogP contribution in [0.5, 0.6) is 0 Å². The summed E-state index contributed by atoms with van der Waals surface area (Å²) >= 11 is 0. The molecule has 0 spiro atoms. The lowest BCUT2D eigenvalue weighted by molar-refractivity contribution is 0.660. The molecular weight excluding hydrogens is 885 g/mol. The minimum absolute atomic E-state index is 0.0361. The van der Waals surface area contributed by atoms with E-state index in [9.17, 15) is 0 Å². The Morgan fingerprint density at radius 3 is 1.67 bits per heavy atom. The van der Waals surface area contributed by atoms with Crippen molar-refractivity contribution >= 4 is 21.8 Å². The topological polar surface area (TPSA) is 43.6 Å². The van der Waals surface area contributed by atoms with E-state index in [4.69, 9.17) is 15.0 Å². The van der Waals surface area contributed by atoms with Crippen LogP contribution in [0.2, 0.25) is 0 Å². The lowest BCUT2D eigenvalue weighted by atomic mass is 9.82. The van der Waals surface area contributed by atoms with E-state index in [1.165, 1.54) is 66.8 Å². The highest BCUT2D eigenvalue weighted by Gasteiger charge is 2.35. The first-order chi connectivity index (χ1) is 35.9. The molecule has 4 nitrogen and oxygen atoms in total. The molecule has 0 fully saturated rings. The molecule has 4 heteroatoms. The second kappa shape index (κ2) is 17.1. The van der Waals surface area contributed by atoms with Crippen LogP contribution in [-0.2, 0) is 11.8 Å². The Labute approximate surface area is 426 Å². The van der Waals surface area contributed by atoms with Gasteiger partial charge in [0.2, 0.25) is 0 Å². The van der Waals surface area contributed by atoms with E-state index in [1.807, 2.05) is 36.4 Å². The summed E-state index contributed by atoms with van der Waals surface area (Å²) in [6.45, 7) is 4.71. The third-order valence-corrected chi connectivity index (χ3v) is 15.7. The maximum absolute atomic E-state index is 5.26. The number of nitrogens with zero attached hydrogens (tertiary/aromatic N) is 4. The van der Waals surface area contributed by atoms with E-state index in [-0.39, 0.29) is 11.3 Å². The largest absolute Gasteiger partial charge is 0.309 e. The normalized spacial score (nSPS) is 14.3. The lowest BCUT2D eigenvalue weighted by Gasteiger charge is -2.21. The fourth-order valence-electron chi connectivity index (χ4n) is 12.1. The monoisotopic (exact) mass is 934 g/mol. The molecule has 0 aliphatic heterocycles. The molecular formula is C69H50N4. The zero-order valence-corrected chi connectivity index (χ0v) is 40.8. The summed E-state index contributed by atoms with van der Waals surface area (Å²) in [4.78, 5) is 15.6. The van der Waals surface area contributed by atoms with Crippen LogP contribution in [0.1, 0.15) is 54.0 Å². The van der Waals surface area contributed by atoms with Crippen LogP contribution in [0.25, 0.3) is 106 Å². The summed E-state index contributed by atoms with van der Waals surface area (Å²) < 4.78 is 2.38. The van der Waals surface area contributed by atoms with Gasteiger partial charge >= 0.3 is 0 Å². The molecule has 10 aromatic carbocycles. The molecule has 346 valence electrons. The summed E-state index contributed by atoms with van der Waals surface area (Å²) in [6, 6.07) is 86.3. The molecule has 12 aromatic rings. The van der Waals surface area contributed by atoms with Gasteiger partial charge in [-0.15, -0.1) is 0 Å². The predicted octanol–water partition coefficient (Wildman–Crippen LogP) is 17.4. The van der Waals surface area contributed by atoms with E-state index < -0.39 is 0 Å². The number of rotatable bonds is 7. The summed E-state index contributed by atoms with van der Waals surface area (Å²) in [6.07, 6.45) is 2.03. The third-order valence-electron chi connectivity index (χ3n) is 15.7. The first kappa shape index (κ1) is 42.9. The van der Waals surface area contributed by atoms with Crippen LogP contribution in [-0.4, -0.2) is 19.5 Å². The van der Waals surface area contributed by atoms with E-state index >= 15 is 0 Å². The summed E-state index contributed by atoms with van der Waals surface area (Å²) in [5.74, 6) is 2.18. The average molecular weight is 935 g/mol. The molecule has 14 rings (SSSR count). The second-order valence-corrected chi connectivity index (χ2v) is 20.2. The Hall–Kier alpha value is -8.99. The quantitative estimate of drug-likeness (QED) is 0.160. The van der Waals surface area contributed by atoms with Crippen molar-refractivity contribution in [1.82, 2.24) is 19.5 Å². The molecule has 2 aromatic heterocycles. The van der Waals surface area contributed by atoms with E-state index in [2.05, 4.69) is 219 Å². The van der Waals surface area contributed by atoms with Crippen molar-refractivity contribution in [3.05, 3.63) is 264 Å². The van der Waals surface area contributed by atoms with Gasteiger partial charge in [-0.05, 0) is 134 Å². The average Bonchev–Trinajstić information content (AvgIpc) is 3.85.